The zero-order chi connectivity index (χ0) is 24.9. The molecule has 2 bridgehead atoms. The van der Waals surface area contributed by atoms with Crippen LogP contribution in [0, 0.1) is 18.8 Å². The largest absolute Gasteiger partial charge is 0.333 e. The smallest absolute Gasteiger partial charge is 0.315 e. The van der Waals surface area contributed by atoms with E-state index in [9.17, 15) is 19.2 Å². The highest BCUT2D eigenvalue weighted by atomic mass is 16.2. The van der Waals surface area contributed by atoms with Crippen LogP contribution in [0.3, 0.4) is 0 Å². The molecule has 2 aromatic heterocycles. The molecule has 5 rings (SSSR count). The minimum atomic E-state index is -0.751. The molecule has 5 heterocycles. The van der Waals surface area contributed by atoms with Gasteiger partial charge < -0.3 is 20.1 Å². The van der Waals surface area contributed by atoms with Gasteiger partial charge in [-0.05, 0) is 31.2 Å². The molecule has 11 nitrogen and oxygen atoms in total. The topological polar surface area (TPSA) is 130 Å². The fraction of sp³-hybridized carbons (Fsp3) is 0.542. The molecule has 3 aliphatic rings. The standard InChI is InChI=1S/C24H31N7O4/c1-13(2)17-9-20(32)27-24(25-17)31-19(7-14(3)28-31)26-22(34)23(35)29-10-15-8-16(12-29)18-5-4-6-21(33)30(18)11-15/h4-7,13,15-17,24-25H,8-12H2,1-3H3,(H,26,34)(H,27,32). The lowest BCUT2D eigenvalue weighted by Crippen LogP contribution is -2.55. The van der Waals surface area contributed by atoms with Crippen LogP contribution < -0.4 is 21.5 Å². The molecule has 0 aromatic carbocycles. The van der Waals surface area contributed by atoms with Gasteiger partial charge in [0.15, 0.2) is 6.29 Å². The first-order valence-corrected chi connectivity index (χ1v) is 12.1. The average Bonchev–Trinajstić information content (AvgIpc) is 3.18. The molecule has 3 aliphatic heterocycles. The van der Waals surface area contributed by atoms with Crippen molar-refractivity contribution in [1.82, 2.24) is 29.9 Å². The summed E-state index contributed by atoms with van der Waals surface area (Å²) in [5.74, 6) is -0.752. The average molecular weight is 482 g/mol. The number of carbonyl (C=O) groups excluding carboxylic acids is 3. The minimum absolute atomic E-state index is 0.0236. The van der Waals surface area contributed by atoms with E-state index in [2.05, 4.69) is 21.0 Å². The van der Waals surface area contributed by atoms with Gasteiger partial charge in [0.25, 0.3) is 5.56 Å². The van der Waals surface area contributed by atoms with Crippen LogP contribution in [0.4, 0.5) is 5.82 Å². The SMILES string of the molecule is Cc1cc(NC(=O)C(=O)N2CC3CC(C2)c2cccc(=O)n2C3)n(C2NC(=O)CC(C(C)C)N2)n1. The van der Waals surface area contributed by atoms with Crippen LogP contribution in [0.1, 0.15) is 50.3 Å². The minimum Gasteiger partial charge on any atom is -0.333 e. The van der Waals surface area contributed by atoms with E-state index in [0.717, 1.165) is 12.1 Å². The van der Waals surface area contributed by atoms with Crippen LogP contribution in [0.2, 0.25) is 0 Å². The fourth-order valence-corrected chi connectivity index (χ4v) is 5.46. The van der Waals surface area contributed by atoms with Gasteiger partial charge in [-0.2, -0.15) is 5.10 Å². The molecule has 4 atom stereocenters. The van der Waals surface area contributed by atoms with Crippen LogP contribution >= 0.6 is 0 Å². The van der Waals surface area contributed by atoms with Crippen molar-refractivity contribution in [3.05, 3.63) is 46.0 Å². The van der Waals surface area contributed by atoms with Crippen molar-refractivity contribution >= 4 is 23.5 Å². The summed E-state index contributed by atoms with van der Waals surface area (Å²) < 4.78 is 3.29. The molecule has 2 fully saturated rings. The van der Waals surface area contributed by atoms with Crippen molar-refractivity contribution < 1.29 is 14.4 Å². The summed E-state index contributed by atoms with van der Waals surface area (Å²) in [7, 11) is 0. The predicted octanol–water partition coefficient (Wildman–Crippen LogP) is 0.528. The van der Waals surface area contributed by atoms with Crippen molar-refractivity contribution in [2.45, 2.75) is 58.4 Å². The third-order valence-corrected chi connectivity index (χ3v) is 7.18. The molecular weight excluding hydrogens is 450 g/mol. The molecule has 11 heteroatoms. The number of piperidine rings is 1. The maximum Gasteiger partial charge on any atom is 0.315 e. The lowest BCUT2D eigenvalue weighted by atomic mass is 9.83. The number of amides is 3. The second kappa shape index (κ2) is 8.95. The summed E-state index contributed by atoms with van der Waals surface area (Å²) >= 11 is 0. The first-order valence-electron chi connectivity index (χ1n) is 12.1. The van der Waals surface area contributed by atoms with E-state index in [4.69, 9.17) is 0 Å². The van der Waals surface area contributed by atoms with Crippen LogP contribution in [0.15, 0.2) is 29.1 Å². The van der Waals surface area contributed by atoms with Crippen LogP contribution in [0.5, 0.6) is 0 Å². The van der Waals surface area contributed by atoms with E-state index in [-0.39, 0.29) is 35.3 Å². The van der Waals surface area contributed by atoms with Gasteiger partial charge in [0.2, 0.25) is 5.91 Å². The van der Waals surface area contributed by atoms with Gasteiger partial charge in [0.05, 0.1) is 5.69 Å². The summed E-state index contributed by atoms with van der Waals surface area (Å²) in [6.07, 6.45) is 0.623. The van der Waals surface area contributed by atoms with Gasteiger partial charge in [0, 0.05) is 55.8 Å². The summed E-state index contributed by atoms with van der Waals surface area (Å²) in [5.41, 5.74) is 1.53. The Hall–Kier alpha value is -3.47. The summed E-state index contributed by atoms with van der Waals surface area (Å²) in [4.78, 5) is 52.2. The van der Waals surface area contributed by atoms with Crippen molar-refractivity contribution in [3.8, 4) is 0 Å². The lowest BCUT2D eigenvalue weighted by Gasteiger charge is -2.42. The van der Waals surface area contributed by atoms with Crippen molar-refractivity contribution in [2.75, 3.05) is 18.4 Å². The monoisotopic (exact) mass is 481 g/mol. The first kappa shape index (κ1) is 23.3. The number of carbonyl (C=O) groups is 3. The quantitative estimate of drug-likeness (QED) is 0.548. The van der Waals surface area contributed by atoms with Crippen LogP contribution in [-0.4, -0.2) is 56.1 Å². The van der Waals surface area contributed by atoms with E-state index < -0.39 is 18.1 Å². The number of nitrogens with zero attached hydrogens (tertiary/aromatic N) is 4. The third-order valence-electron chi connectivity index (χ3n) is 7.18. The van der Waals surface area contributed by atoms with E-state index in [1.165, 1.54) is 4.68 Å². The second-order valence-electron chi connectivity index (χ2n) is 10.2. The highest BCUT2D eigenvalue weighted by Gasteiger charge is 2.38. The molecular formula is C24H31N7O4. The number of hydrogen-bond acceptors (Lipinski definition) is 6. The molecule has 4 unspecified atom stereocenters. The van der Waals surface area contributed by atoms with Gasteiger partial charge in [-0.1, -0.05) is 19.9 Å². The van der Waals surface area contributed by atoms with Crippen molar-refractivity contribution in [3.63, 3.8) is 0 Å². The van der Waals surface area contributed by atoms with Gasteiger partial charge in [-0.15, -0.1) is 0 Å². The summed E-state index contributed by atoms with van der Waals surface area (Å²) in [6, 6.07) is 6.86. The van der Waals surface area contributed by atoms with E-state index in [1.807, 2.05) is 19.9 Å². The number of fused-ring (bicyclic) bond motifs is 4. The molecule has 35 heavy (non-hydrogen) atoms. The summed E-state index contributed by atoms with van der Waals surface area (Å²) in [5, 5.41) is 13.3. The molecule has 3 amide bonds. The zero-order valence-electron chi connectivity index (χ0n) is 20.2. The highest BCUT2D eigenvalue weighted by Crippen LogP contribution is 2.35. The Morgan fingerprint density at radius 2 is 1.97 bits per heavy atom. The van der Waals surface area contributed by atoms with Crippen molar-refractivity contribution in [1.29, 1.82) is 0 Å². The molecule has 3 N–H and O–H groups in total. The number of aromatic nitrogens is 3. The van der Waals surface area contributed by atoms with Crippen LogP contribution in [-0.2, 0) is 20.9 Å². The van der Waals surface area contributed by atoms with E-state index in [1.54, 1.807) is 34.6 Å². The maximum atomic E-state index is 13.1. The predicted molar refractivity (Wildman–Crippen MR) is 127 cm³/mol. The fourth-order valence-electron chi connectivity index (χ4n) is 5.46. The zero-order valence-corrected chi connectivity index (χ0v) is 20.2. The number of hydrogen-bond donors (Lipinski definition) is 3. The molecule has 0 saturated carbocycles. The Balaban J connectivity index is 1.31. The number of likely N-dealkylation sites (tertiary alicyclic amines) is 1. The summed E-state index contributed by atoms with van der Waals surface area (Å²) in [6.45, 7) is 7.22. The van der Waals surface area contributed by atoms with Gasteiger partial charge in [-0.25, -0.2) is 4.68 Å². The molecule has 0 radical (unpaired) electrons. The van der Waals surface area contributed by atoms with Gasteiger partial charge >= 0.3 is 11.8 Å². The van der Waals surface area contributed by atoms with Crippen LogP contribution in [0.25, 0.3) is 0 Å². The first-order chi connectivity index (χ1) is 16.7. The highest BCUT2D eigenvalue weighted by molar-refractivity contribution is 6.39. The molecule has 2 aromatic rings. The van der Waals surface area contributed by atoms with Crippen molar-refractivity contribution in [2.24, 2.45) is 11.8 Å². The Bertz CT molecular complexity index is 1230. The Morgan fingerprint density at radius 3 is 2.74 bits per heavy atom. The maximum absolute atomic E-state index is 13.1. The Morgan fingerprint density at radius 1 is 1.17 bits per heavy atom. The lowest BCUT2D eigenvalue weighted by molar-refractivity contribution is -0.145. The molecule has 186 valence electrons. The number of anilines is 1. The van der Waals surface area contributed by atoms with Gasteiger partial charge in [-0.3, -0.25) is 24.5 Å². The third kappa shape index (κ3) is 4.47. The van der Waals surface area contributed by atoms with E-state index in [0.29, 0.717) is 37.6 Å². The Kier molecular flexibility index (Phi) is 5.96. The van der Waals surface area contributed by atoms with E-state index >= 15 is 0 Å². The molecule has 2 saturated heterocycles. The second-order valence-corrected chi connectivity index (χ2v) is 10.2. The number of aryl methyl sites for hydroxylation is 1. The normalized spacial score (nSPS) is 25.7. The number of rotatable bonds is 3. The number of nitrogens with one attached hydrogen (secondary N) is 3. The molecule has 0 aliphatic carbocycles. The number of pyridine rings is 1. The van der Waals surface area contributed by atoms with Gasteiger partial charge in [0.1, 0.15) is 5.82 Å². The molecule has 0 spiro atoms. The Labute approximate surface area is 202 Å².